The van der Waals surface area contributed by atoms with Crippen LogP contribution in [0.15, 0.2) is 30.3 Å². The van der Waals surface area contributed by atoms with E-state index in [2.05, 4.69) is 10.6 Å². The third-order valence-electron chi connectivity index (χ3n) is 4.23. The first-order chi connectivity index (χ1) is 13.1. The molecule has 0 aliphatic rings. The number of amides is 3. The van der Waals surface area contributed by atoms with Gasteiger partial charge in [-0.25, -0.2) is 4.79 Å². The molecule has 1 aromatic carbocycles. The summed E-state index contributed by atoms with van der Waals surface area (Å²) in [6.45, 7) is 3.51. The predicted octanol–water partition coefficient (Wildman–Crippen LogP) is -0.468. The van der Waals surface area contributed by atoms with Gasteiger partial charge in [-0.1, -0.05) is 44.2 Å². The molecule has 154 valence electrons. The van der Waals surface area contributed by atoms with Crippen molar-refractivity contribution in [3.8, 4) is 0 Å². The third kappa shape index (κ3) is 7.75. The largest absolute Gasteiger partial charge is 0.480 e. The van der Waals surface area contributed by atoms with Gasteiger partial charge in [0.25, 0.3) is 0 Å². The lowest BCUT2D eigenvalue weighted by molar-refractivity contribution is -0.142. The summed E-state index contributed by atoms with van der Waals surface area (Å²) in [4.78, 5) is 47.4. The Balaban J connectivity index is 2.88. The fourth-order valence-corrected chi connectivity index (χ4v) is 2.45. The molecular weight excluding hydrogens is 364 g/mol. The molecular formula is C19H28N4O5. The van der Waals surface area contributed by atoms with Crippen LogP contribution in [0.5, 0.6) is 0 Å². The van der Waals surface area contributed by atoms with Crippen LogP contribution in [-0.4, -0.2) is 46.9 Å². The van der Waals surface area contributed by atoms with Crippen LogP contribution in [-0.2, 0) is 25.6 Å². The molecule has 0 radical (unpaired) electrons. The maximum atomic E-state index is 12.6. The van der Waals surface area contributed by atoms with E-state index in [4.69, 9.17) is 11.5 Å². The van der Waals surface area contributed by atoms with Crippen molar-refractivity contribution < 1.29 is 24.3 Å². The number of carboxylic acids is 1. The lowest BCUT2D eigenvalue weighted by atomic mass is 10.0. The molecule has 0 bridgehead atoms. The Morgan fingerprint density at radius 2 is 1.57 bits per heavy atom. The molecule has 0 spiro atoms. The van der Waals surface area contributed by atoms with Gasteiger partial charge in [0.1, 0.15) is 12.1 Å². The summed E-state index contributed by atoms with van der Waals surface area (Å²) in [5.74, 6) is -3.29. The average molecular weight is 392 g/mol. The highest BCUT2D eigenvalue weighted by atomic mass is 16.4. The first-order valence-electron chi connectivity index (χ1n) is 9.03. The van der Waals surface area contributed by atoms with Crippen LogP contribution < -0.4 is 22.1 Å². The fourth-order valence-electron chi connectivity index (χ4n) is 2.45. The Morgan fingerprint density at radius 3 is 2.07 bits per heavy atom. The summed E-state index contributed by atoms with van der Waals surface area (Å²) in [5.41, 5.74) is 11.6. The van der Waals surface area contributed by atoms with Crippen LogP contribution in [0.4, 0.5) is 0 Å². The summed E-state index contributed by atoms with van der Waals surface area (Å²) in [7, 11) is 0. The predicted molar refractivity (Wildman–Crippen MR) is 103 cm³/mol. The van der Waals surface area contributed by atoms with Gasteiger partial charge >= 0.3 is 5.97 Å². The highest BCUT2D eigenvalue weighted by Crippen LogP contribution is 2.06. The molecule has 0 aromatic heterocycles. The molecule has 3 atom stereocenters. The number of carboxylic acid groups (broad SMARTS) is 1. The number of primary amides is 1. The molecule has 3 amide bonds. The molecule has 0 heterocycles. The van der Waals surface area contributed by atoms with E-state index in [-0.39, 0.29) is 25.2 Å². The minimum Gasteiger partial charge on any atom is -0.480 e. The van der Waals surface area contributed by atoms with Crippen LogP contribution in [0.25, 0.3) is 0 Å². The van der Waals surface area contributed by atoms with E-state index < -0.39 is 41.8 Å². The quantitative estimate of drug-likeness (QED) is 0.342. The van der Waals surface area contributed by atoms with Crippen molar-refractivity contribution in [2.75, 3.05) is 0 Å². The van der Waals surface area contributed by atoms with Gasteiger partial charge in [-0.15, -0.1) is 0 Å². The number of nitrogens with two attached hydrogens (primary N) is 2. The SMILES string of the molecule is CC(C)C(N)C(=O)NC(CCC(N)=O)C(=O)NC(Cc1ccccc1)C(=O)O. The van der Waals surface area contributed by atoms with E-state index in [0.29, 0.717) is 0 Å². The van der Waals surface area contributed by atoms with Gasteiger partial charge in [-0.2, -0.15) is 0 Å². The number of hydrogen-bond donors (Lipinski definition) is 5. The summed E-state index contributed by atoms with van der Waals surface area (Å²) >= 11 is 0. The second-order valence-electron chi connectivity index (χ2n) is 6.93. The van der Waals surface area contributed by atoms with E-state index in [1.165, 1.54) is 0 Å². The van der Waals surface area contributed by atoms with Gasteiger partial charge in [0.15, 0.2) is 0 Å². The summed E-state index contributed by atoms with van der Waals surface area (Å²) in [5, 5.41) is 14.3. The average Bonchev–Trinajstić information content (AvgIpc) is 2.63. The molecule has 1 rings (SSSR count). The second kappa shape index (κ2) is 11.0. The molecule has 9 nitrogen and oxygen atoms in total. The van der Waals surface area contributed by atoms with Crippen LogP contribution in [0.3, 0.4) is 0 Å². The second-order valence-corrected chi connectivity index (χ2v) is 6.93. The van der Waals surface area contributed by atoms with Gasteiger partial charge in [0, 0.05) is 12.8 Å². The molecule has 0 aliphatic heterocycles. The third-order valence-corrected chi connectivity index (χ3v) is 4.23. The van der Waals surface area contributed by atoms with Gasteiger partial charge < -0.3 is 27.2 Å². The zero-order valence-electron chi connectivity index (χ0n) is 16.1. The molecule has 0 aliphatic carbocycles. The van der Waals surface area contributed by atoms with E-state index in [1.54, 1.807) is 44.2 Å². The minimum atomic E-state index is -1.21. The highest BCUT2D eigenvalue weighted by Gasteiger charge is 2.29. The van der Waals surface area contributed by atoms with Crippen molar-refractivity contribution in [1.82, 2.24) is 10.6 Å². The molecule has 7 N–H and O–H groups in total. The van der Waals surface area contributed by atoms with Crippen LogP contribution >= 0.6 is 0 Å². The standard InChI is InChI=1S/C19H28N4O5/c1-11(2)16(21)18(26)22-13(8-9-15(20)24)17(25)23-14(19(27)28)10-12-6-4-3-5-7-12/h3-7,11,13-14,16H,8-10,21H2,1-2H3,(H2,20,24)(H,22,26)(H,23,25)(H,27,28). The Labute approximate surface area is 163 Å². The summed E-state index contributed by atoms with van der Waals surface area (Å²) in [6.07, 6.45) is -0.134. The van der Waals surface area contributed by atoms with E-state index in [0.717, 1.165) is 5.56 Å². The number of nitrogens with one attached hydrogen (secondary N) is 2. The Kier molecular flexibility index (Phi) is 9.10. The Bertz CT molecular complexity index is 693. The molecule has 0 saturated heterocycles. The lowest BCUT2D eigenvalue weighted by Crippen LogP contribution is -2.55. The molecule has 9 heteroatoms. The Hall–Kier alpha value is -2.94. The molecule has 3 unspecified atom stereocenters. The van der Waals surface area contributed by atoms with E-state index in [9.17, 15) is 24.3 Å². The van der Waals surface area contributed by atoms with Crippen LogP contribution in [0, 0.1) is 5.92 Å². The molecule has 0 fully saturated rings. The molecule has 1 aromatic rings. The topological polar surface area (TPSA) is 165 Å². The first kappa shape index (κ1) is 23.1. The number of benzene rings is 1. The van der Waals surface area contributed by atoms with Crippen molar-refractivity contribution in [1.29, 1.82) is 0 Å². The normalized spacial score (nSPS) is 14.0. The Morgan fingerprint density at radius 1 is 1.00 bits per heavy atom. The highest BCUT2D eigenvalue weighted by molar-refractivity contribution is 5.92. The van der Waals surface area contributed by atoms with Gasteiger partial charge in [0.05, 0.1) is 6.04 Å². The zero-order chi connectivity index (χ0) is 21.3. The monoisotopic (exact) mass is 392 g/mol. The number of carbonyl (C=O) groups is 4. The molecule has 0 saturated carbocycles. The van der Waals surface area contributed by atoms with Gasteiger partial charge in [-0.3, -0.25) is 14.4 Å². The van der Waals surface area contributed by atoms with Crippen molar-refractivity contribution in [3.63, 3.8) is 0 Å². The van der Waals surface area contributed by atoms with Crippen molar-refractivity contribution >= 4 is 23.7 Å². The number of rotatable bonds is 11. The van der Waals surface area contributed by atoms with Gasteiger partial charge in [0.2, 0.25) is 17.7 Å². The molecule has 28 heavy (non-hydrogen) atoms. The smallest absolute Gasteiger partial charge is 0.326 e. The number of hydrogen-bond acceptors (Lipinski definition) is 5. The van der Waals surface area contributed by atoms with Crippen molar-refractivity contribution in [2.45, 2.75) is 51.2 Å². The van der Waals surface area contributed by atoms with E-state index in [1.807, 2.05) is 0 Å². The fraction of sp³-hybridized carbons (Fsp3) is 0.474. The zero-order valence-corrected chi connectivity index (χ0v) is 16.1. The van der Waals surface area contributed by atoms with Crippen molar-refractivity contribution in [2.24, 2.45) is 17.4 Å². The van der Waals surface area contributed by atoms with Crippen LogP contribution in [0.1, 0.15) is 32.3 Å². The number of carbonyl (C=O) groups excluding carboxylic acids is 3. The van der Waals surface area contributed by atoms with Crippen molar-refractivity contribution in [3.05, 3.63) is 35.9 Å². The van der Waals surface area contributed by atoms with Crippen LogP contribution in [0.2, 0.25) is 0 Å². The minimum absolute atomic E-state index is 0.0601. The van der Waals surface area contributed by atoms with Gasteiger partial charge in [-0.05, 0) is 17.9 Å². The summed E-state index contributed by atoms with van der Waals surface area (Å²) in [6, 6.07) is 5.66. The lowest BCUT2D eigenvalue weighted by Gasteiger charge is -2.23. The first-order valence-corrected chi connectivity index (χ1v) is 9.03. The maximum Gasteiger partial charge on any atom is 0.326 e. The summed E-state index contributed by atoms with van der Waals surface area (Å²) < 4.78 is 0. The van der Waals surface area contributed by atoms with E-state index >= 15 is 0 Å². The maximum absolute atomic E-state index is 12.6. The number of aliphatic carboxylic acids is 1.